The molecule has 1 atom stereocenters. The highest BCUT2D eigenvalue weighted by molar-refractivity contribution is 6.35. The topological polar surface area (TPSA) is 90.5 Å². The molecule has 136 valence electrons. The average molecular weight is 387 g/mol. The lowest BCUT2D eigenvalue weighted by atomic mass is 10.2. The molecule has 0 spiro atoms. The Morgan fingerprint density at radius 3 is 2.52 bits per heavy atom. The third kappa shape index (κ3) is 5.88. The first kappa shape index (κ1) is 19.5. The molecule has 0 saturated carbocycles. The zero-order valence-electron chi connectivity index (χ0n) is 13.8. The lowest BCUT2D eigenvalue weighted by molar-refractivity contribution is -0.124. The van der Waals surface area contributed by atoms with Crippen LogP contribution in [0.25, 0.3) is 0 Å². The van der Waals surface area contributed by atoms with Gasteiger partial charge in [-0.3, -0.25) is 19.8 Å². The van der Waals surface area contributed by atoms with Gasteiger partial charge in [0.05, 0.1) is 12.6 Å². The van der Waals surface area contributed by atoms with Crippen LogP contribution in [-0.2, 0) is 9.59 Å². The van der Waals surface area contributed by atoms with E-state index < -0.39 is 18.0 Å². The molecule has 4 amide bonds. The summed E-state index contributed by atoms with van der Waals surface area (Å²) in [5.74, 6) is -0.682. The number of nitrogens with zero attached hydrogens (tertiary/aromatic N) is 1. The molecule has 7 nitrogen and oxygen atoms in total. The summed E-state index contributed by atoms with van der Waals surface area (Å²) in [5, 5.41) is 8.34. The van der Waals surface area contributed by atoms with E-state index in [9.17, 15) is 14.4 Å². The molecule has 1 aromatic rings. The predicted octanol–water partition coefficient (Wildman–Crippen LogP) is 2.24. The Bertz CT molecular complexity index is 649. The van der Waals surface area contributed by atoms with Crippen LogP contribution in [-0.4, -0.2) is 48.4 Å². The van der Waals surface area contributed by atoms with Crippen LogP contribution in [0.5, 0.6) is 0 Å². The van der Waals surface area contributed by atoms with Gasteiger partial charge in [-0.1, -0.05) is 23.2 Å². The van der Waals surface area contributed by atoms with Crippen LogP contribution in [0.4, 0.5) is 10.5 Å². The molecule has 2 rings (SSSR count). The average Bonchev–Trinajstić information content (AvgIpc) is 2.94. The number of nitrogens with one attached hydrogen (secondary N) is 3. The molecule has 0 radical (unpaired) electrons. The molecule has 0 unspecified atom stereocenters. The van der Waals surface area contributed by atoms with Crippen LogP contribution < -0.4 is 16.0 Å². The second-order valence-electron chi connectivity index (χ2n) is 5.68. The fourth-order valence-corrected chi connectivity index (χ4v) is 3.25. The van der Waals surface area contributed by atoms with Gasteiger partial charge in [0, 0.05) is 22.3 Å². The second-order valence-corrected chi connectivity index (χ2v) is 6.56. The number of carbonyl (C=O) groups excluding carboxylic acids is 3. The minimum absolute atomic E-state index is 0.0223. The van der Waals surface area contributed by atoms with E-state index in [0.717, 1.165) is 6.42 Å². The van der Waals surface area contributed by atoms with Crippen LogP contribution in [0.15, 0.2) is 18.2 Å². The molecule has 1 heterocycles. The zero-order valence-corrected chi connectivity index (χ0v) is 15.3. The van der Waals surface area contributed by atoms with Gasteiger partial charge in [-0.15, -0.1) is 0 Å². The molecule has 1 saturated heterocycles. The number of urea groups is 1. The molecule has 1 aliphatic rings. The van der Waals surface area contributed by atoms with Crippen molar-refractivity contribution < 1.29 is 14.4 Å². The van der Waals surface area contributed by atoms with Gasteiger partial charge in [0.2, 0.25) is 11.8 Å². The largest absolute Gasteiger partial charge is 0.338 e. The van der Waals surface area contributed by atoms with Crippen LogP contribution >= 0.6 is 23.2 Å². The second kappa shape index (κ2) is 9.03. The number of benzene rings is 1. The Balaban J connectivity index is 1.94. The number of rotatable bonds is 5. The summed E-state index contributed by atoms with van der Waals surface area (Å²) in [5.41, 5.74) is 0.501. The molecule has 1 fully saturated rings. The van der Waals surface area contributed by atoms with Crippen molar-refractivity contribution in [1.82, 2.24) is 15.5 Å². The lowest BCUT2D eigenvalue weighted by Gasteiger charge is -2.23. The van der Waals surface area contributed by atoms with Crippen molar-refractivity contribution >= 4 is 46.7 Å². The summed E-state index contributed by atoms with van der Waals surface area (Å²) in [6.07, 6.45) is 1.43. The molecule has 0 aliphatic carbocycles. The van der Waals surface area contributed by atoms with Crippen LogP contribution in [0, 0.1) is 0 Å². The van der Waals surface area contributed by atoms with Gasteiger partial charge in [-0.2, -0.15) is 0 Å². The number of hydrogen-bond donors (Lipinski definition) is 3. The smallest absolute Gasteiger partial charge is 0.321 e. The van der Waals surface area contributed by atoms with Crippen molar-refractivity contribution in [3.05, 3.63) is 28.2 Å². The Kier molecular flexibility index (Phi) is 7.04. The number of halogens is 2. The normalized spacial score (nSPS) is 17.2. The van der Waals surface area contributed by atoms with Crippen molar-refractivity contribution in [3.63, 3.8) is 0 Å². The summed E-state index contributed by atoms with van der Waals surface area (Å²) in [4.78, 5) is 37.6. The van der Waals surface area contributed by atoms with E-state index in [1.54, 1.807) is 30.0 Å². The molecular formula is C16H20Cl2N4O3. The van der Waals surface area contributed by atoms with Gasteiger partial charge in [0.25, 0.3) is 0 Å². The zero-order chi connectivity index (χ0) is 18.4. The van der Waals surface area contributed by atoms with E-state index in [1.165, 1.54) is 0 Å². The van der Waals surface area contributed by atoms with E-state index in [4.69, 9.17) is 23.2 Å². The highest BCUT2D eigenvalue weighted by Gasteiger charge is 2.32. The van der Waals surface area contributed by atoms with Gasteiger partial charge in [0.15, 0.2) is 0 Å². The number of amides is 4. The highest BCUT2D eigenvalue weighted by Crippen LogP contribution is 2.24. The van der Waals surface area contributed by atoms with Gasteiger partial charge in [-0.25, -0.2) is 4.79 Å². The molecule has 1 aliphatic heterocycles. The van der Waals surface area contributed by atoms with Crippen molar-refractivity contribution in [3.8, 4) is 0 Å². The highest BCUT2D eigenvalue weighted by atomic mass is 35.5. The summed E-state index contributed by atoms with van der Waals surface area (Å²) in [6, 6.07) is 3.80. The SMILES string of the molecule is CCNC(=O)NC(=O)CN1CCC[C@H]1C(=O)Nc1cc(Cl)cc(Cl)c1. The standard InChI is InChI=1S/C16H20Cl2N4O3/c1-2-19-16(25)21-14(23)9-22-5-3-4-13(22)15(24)20-12-7-10(17)6-11(18)8-12/h6-8,13H,2-5,9H2,1H3,(H,20,24)(H2,19,21,23,25)/t13-/m0/s1. The fourth-order valence-electron chi connectivity index (χ4n) is 2.72. The van der Waals surface area contributed by atoms with Crippen molar-refractivity contribution in [2.45, 2.75) is 25.8 Å². The first-order chi connectivity index (χ1) is 11.9. The molecule has 3 N–H and O–H groups in total. The Hall–Kier alpha value is -1.83. The molecule has 0 bridgehead atoms. The van der Waals surface area contributed by atoms with E-state index in [0.29, 0.717) is 35.2 Å². The van der Waals surface area contributed by atoms with Gasteiger partial charge < -0.3 is 10.6 Å². The van der Waals surface area contributed by atoms with Gasteiger partial charge >= 0.3 is 6.03 Å². The van der Waals surface area contributed by atoms with E-state index in [2.05, 4.69) is 16.0 Å². The number of anilines is 1. The number of hydrogen-bond acceptors (Lipinski definition) is 4. The number of imide groups is 1. The van der Waals surface area contributed by atoms with Crippen LogP contribution in [0.3, 0.4) is 0 Å². The Labute approximate surface area is 156 Å². The molecule has 9 heteroatoms. The lowest BCUT2D eigenvalue weighted by Crippen LogP contribution is -2.48. The van der Waals surface area contributed by atoms with E-state index in [-0.39, 0.29) is 12.5 Å². The predicted molar refractivity (Wildman–Crippen MR) is 96.9 cm³/mol. The summed E-state index contributed by atoms with van der Waals surface area (Å²) >= 11 is 11.9. The first-order valence-electron chi connectivity index (χ1n) is 7.97. The van der Waals surface area contributed by atoms with Crippen molar-refractivity contribution in [2.24, 2.45) is 0 Å². The maximum absolute atomic E-state index is 12.5. The Morgan fingerprint density at radius 2 is 1.88 bits per heavy atom. The maximum Gasteiger partial charge on any atom is 0.321 e. The monoisotopic (exact) mass is 386 g/mol. The minimum Gasteiger partial charge on any atom is -0.338 e. The van der Waals surface area contributed by atoms with E-state index in [1.807, 2.05) is 0 Å². The van der Waals surface area contributed by atoms with Gasteiger partial charge in [0.1, 0.15) is 0 Å². The fraction of sp³-hybridized carbons (Fsp3) is 0.438. The van der Waals surface area contributed by atoms with Gasteiger partial charge in [-0.05, 0) is 44.5 Å². The summed E-state index contributed by atoms with van der Waals surface area (Å²) in [6.45, 7) is 2.77. The summed E-state index contributed by atoms with van der Waals surface area (Å²) < 4.78 is 0. The summed E-state index contributed by atoms with van der Waals surface area (Å²) in [7, 11) is 0. The van der Waals surface area contributed by atoms with Crippen LogP contribution in [0.1, 0.15) is 19.8 Å². The number of likely N-dealkylation sites (tertiary alicyclic amines) is 1. The molecule has 0 aromatic heterocycles. The van der Waals surface area contributed by atoms with Crippen molar-refractivity contribution in [2.75, 3.05) is 25.0 Å². The quantitative estimate of drug-likeness (QED) is 0.723. The minimum atomic E-state index is -0.540. The molecular weight excluding hydrogens is 367 g/mol. The third-order valence-electron chi connectivity index (χ3n) is 3.73. The van der Waals surface area contributed by atoms with Crippen LogP contribution in [0.2, 0.25) is 10.0 Å². The maximum atomic E-state index is 12.5. The number of carbonyl (C=O) groups is 3. The van der Waals surface area contributed by atoms with Crippen molar-refractivity contribution in [1.29, 1.82) is 0 Å². The first-order valence-corrected chi connectivity index (χ1v) is 8.73. The third-order valence-corrected chi connectivity index (χ3v) is 4.17. The Morgan fingerprint density at radius 1 is 1.20 bits per heavy atom. The van der Waals surface area contributed by atoms with E-state index >= 15 is 0 Å². The molecule has 1 aromatic carbocycles. The molecule has 25 heavy (non-hydrogen) atoms.